The molecule has 0 bridgehead atoms. The van der Waals surface area contributed by atoms with Gasteiger partial charge in [-0.05, 0) is 44.4 Å². The molecular weight excluding hydrogens is 292 g/mol. The molecule has 1 atom stereocenters. The standard InChI is InChI=1S/C18H28N2O3/c1-3-5-11-23-16-9-8-14(12-17(16)22-4-2)18(21)20-10-6-7-15(20)13-19/h8-9,12,15H,3-7,10-11,13,19H2,1-2H3. The minimum Gasteiger partial charge on any atom is -0.490 e. The number of likely N-dealkylation sites (tertiary alicyclic amines) is 1. The molecule has 1 aromatic carbocycles. The number of amides is 1. The van der Waals surface area contributed by atoms with Crippen molar-refractivity contribution in [1.29, 1.82) is 0 Å². The number of carbonyl (C=O) groups is 1. The van der Waals surface area contributed by atoms with Crippen LogP contribution in [0.5, 0.6) is 11.5 Å². The van der Waals surface area contributed by atoms with Gasteiger partial charge in [0.15, 0.2) is 11.5 Å². The molecule has 1 saturated heterocycles. The predicted molar refractivity (Wildman–Crippen MR) is 91.1 cm³/mol. The summed E-state index contributed by atoms with van der Waals surface area (Å²) in [6.07, 6.45) is 4.08. The summed E-state index contributed by atoms with van der Waals surface area (Å²) < 4.78 is 11.4. The van der Waals surface area contributed by atoms with E-state index in [1.165, 1.54) is 0 Å². The molecule has 0 radical (unpaired) electrons. The molecule has 0 spiro atoms. The third-order valence-electron chi connectivity index (χ3n) is 4.16. The normalized spacial score (nSPS) is 17.3. The molecule has 1 amide bonds. The SMILES string of the molecule is CCCCOc1ccc(C(=O)N2CCCC2CN)cc1OCC. The molecule has 128 valence electrons. The summed E-state index contributed by atoms with van der Waals surface area (Å²) in [5, 5.41) is 0. The van der Waals surface area contributed by atoms with Crippen LogP contribution >= 0.6 is 0 Å². The van der Waals surface area contributed by atoms with Gasteiger partial charge in [0.2, 0.25) is 0 Å². The molecule has 23 heavy (non-hydrogen) atoms. The number of unbranched alkanes of at least 4 members (excludes halogenated alkanes) is 1. The molecule has 0 saturated carbocycles. The molecule has 0 aromatic heterocycles. The monoisotopic (exact) mass is 320 g/mol. The summed E-state index contributed by atoms with van der Waals surface area (Å²) in [6, 6.07) is 5.59. The van der Waals surface area contributed by atoms with Gasteiger partial charge in [0.05, 0.1) is 13.2 Å². The van der Waals surface area contributed by atoms with Crippen LogP contribution in [0.4, 0.5) is 0 Å². The van der Waals surface area contributed by atoms with Crippen molar-refractivity contribution >= 4 is 5.91 Å². The van der Waals surface area contributed by atoms with Gasteiger partial charge in [-0.1, -0.05) is 13.3 Å². The zero-order chi connectivity index (χ0) is 16.7. The van der Waals surface area contributed by atoms with Crippen molar-refractivity contribution in [2.75, 3.05) is 26.3 Å². The molecule has 2 rings (SSSR count). The second kappa shape index (κ2) is 8.77. The van der Waals surface area contributed by atoms with Gasteiger partial charge >= 0.3 is 0 Å². The van der Waals surface area contributed by atoms with E-state index in [1.54, 1.807) is 6.07 Å². The Labute approximate surface area is 138 Å². The molecular formula is C18H28N2O3. The maximum atomic E-state index is 12.7. The van der Waals surface area contributed by atoms with Gasteiger partial charge in [-0.15, -0.1) is 0 Å². The number of nitrogens with two attached hydrogens (primary N) is 1. The van der Waals surface area contributed by atoms with Gasteiger partial charge in [-0.2, -0.15) is 0 Å². The number of carbonyl (C=O) groups excluding carboxylic acids is 1. The zero-order valence-corrected chi connectivity index (χ0v) is 14.2. The third kappa shape index (κ3) is 4.38. The second-order valence-electron chi connectivity index (χ2n) is 5.83. The van der Waals surface area contributed by atoms with Crippen molar-refractivity contribution in [3.05, 3.63) is 23.8 Å². The van der Waals surface area contributed by atoms with Crippen molar-refractivity contribution in [1.82, 2.24) is 4.90 Å². The largest absolute Gasteiger partial charge is 0.490 e. The van der Waals surface area contributed by atoms with E-state index in [2.05, 4.69) is 6.92 Å². The lowest BCUT2D eigenvalue weighted by Crippen LogP contribution is -2.39. The van der Waals surface area contributed by atoms with Gasteiger partial charge in [0.25, 0.3) is 5.91 Å². The van der Waals surface area contributed by atoms with E-state index in [0.717, 1.165) is 32.2 Å². The van der Waals surface area contributed by atoms with Crippen molar-refractivity contribution in [2.24, 2.45) is 5.73 Å². The van der Waals surface area contributed by atoms with Crippen molar-refractivity contribution in [3.63, 3.8) is 0 Å². The Morgan fingerprint density at radius 1 is 1.30 bits per heavy atom. The van der Waals surface area contributed by atoms with Crippen molar-refractivity contribution < 1.29 is 14.3 Å². The first-order valence-electron chi connectivity index (χ1n) is 8.61. The lowest BCUT2D eigenvalue weighted by Gasteiger charge is -2.24. The van der Waals surface area contributed by atoms with Crippen LogP contribution in [0.15, 0.2) is 18.2 Å². The molecule has 1 unspecified atom stereocenters. The maximum Gasteiger partial charge on any atom is 0.254 e. The zero-order valence-electron chi connectivity index (χ0n) is 14.2. The number of benzene rings is 1. The Morgan fingerprint density at radius 3 is 2.83 bits per heavy atom. The van der Waals surface area contributed by atoms with Crippen LogP contribution in [0.3, 0.4) is 0 Å². The highest BCUT2D eigenvalue weighted by Crippen LogP contribution is 2.30. The van der Waals surface area contributed by atoms with E-state index in [9.17, 15) is 4.79 Å². The van der Waals surface area contributed by atoms with E-state index in [1.807, 2.05) is 24.0 Å². The topological polar surface area (TPSA) is 64.8 Å². The Kier molecular flexibility index (Phi) is 6.71. The van der Waals surface area contributed by atoms with Gasteiger partial charge in [-0.3, -0.25) is 4.79 Å². The summed E-state index contributed by atoms with van der Waals surface area (Å²) in [5.74, 6) is 1.37. The average Bonchev–Trinajstić information content (AvgIpc) is 3.04. The number of hydrogen-bond acceptors (Lipinski definition) is 4. The Morgan fingerprint density at radius 2 is 2.13 bits per heavy atom. The molecule has 1 aliphatic rings. The third-order valence-corrected chi connectivity index (χ3v) is 4.16. The molecule has 5 heteroatoms. The fraction of sp³-hybridized carbons (Fsp3) is 0.611. The fourth-order valence-electron chi connectivity index (χ4n) is 2.87. The Bertz CT molecular complexity index is 519. The molecule has 0 aliphatic carbocycles. The Hall–Kier alpha value is -1.75. The highest BCUT2D eigenvalue weighted by molar-refractivity contribution is 5.95. The number of ether oxygens (including phenoxy) is 2. The van der Waals surface area contributed by atoms with Crippen LogP contribution in [-0.4, -0.2) is 43.2 Å². The molecule has 1 aliphatic heterocycles. The van der Waals surface area contributed by atoms with E-state index in [-0.39, 0.29) is 11.9 Å². The minimum atomic E-state index is 0.0269. The predicted octanol–water partition coefficient (Wildman–Crippen LogP) is 2.83. The summed E-state index contributed by atoms with van der Waals surface area (Å²) in [4.78, 5) is 14.6. The summed E-state index contributed by atoms with van der Waals surface area (Å²) in [6.45, 7) is 6.54. The molecule has 2 N–H and O–H groups in total. The first-order chi connectivity index (χ1) is 11.2. The van der Waals surface area contributed by atoms with Crippen molar-refractivity contribution in [3.8, 4) is 11.5 Å². The van der Waals surface area contributed by atoms with E-state index >= 15 is 0 Å². The maximum absolute atomic E-state index is 12.7. The highest BCUT2D eigenvalue weighted by Gasteiger charge is 2.28. The van der Waals surface area contributed by atoms with Crippen LogP contribution < -0.4 is 15.2 Å². The minimum absolute atomic E-state index is 0.0269. The van der Waals surface area contributed by atoms with Gasteiger partial charge in [0.1, 0.15) is 0 Å². The fourth-order valence-corrected chi connectivity index (χ4v) is 2.87. The molecule has 1 aromatic rings. The highest BCUT2D eigenvalue weighted by atomic mass is 16.5. The van der Waals surface area contributed by atoms with E-state index in [0.29, 0.717) is 36.8 Å². The summed E-state index contributed by atoms with van der Waals surface area (Å²) in [5.41, 5.74) is 6.41. The first-order valence-corrected chi connectivity index (χ1v) is 8.61. The first kappa shape index (κ1) is 17.6. The van der Waals surface area contributed by atoms with Crippen LogP contribution in [0, 0.1) is 0 Å². The average molecular weight is 320 g/mol. The quantitative estimate of drug-likeness (QED) is 0.748. The molecule has 1 fully saturated rings. The number of hydrogen-bond donors (Lipinski definition) is 1. The van der Waals surface area contributed by atoms with Crippen LogP contribution in [0.2, 0.25) is 0 Å². The van der Waals surface area contributed by atoms with Crippen LogP contribution in [0.25, 0.3) is 0 Å². The van der Waals surface area contributed by atoms with E-state index in [4.69, 9.17) is 15.2 Å². The van der Waals surface area contributed by atoms with Gasteiger partial charge in [-0.25, -0.2) is 0 Å². The van der Waals surface area contributed by atoms with Crippen LogP contribution in [0.1, 0.15) is 49.9 Å². The number of rotatable bonds is 8. The smallest absolute Gasteiger partial charge is 0.254 e. The lowest BCUT2D eigenvalue weighted by atomic mass is 10.1. The lowest BCUT2D eigenvalue weighted by molar-refractivity contribution is 0.0740. The van der Waals surface area contributed by atoms with Crippen molar-refractivity contribution in [2.45, 2.75) is 45.6 Å². The Balaban J connectivity index is 2.15. The van der Waals surface area contributed by atoms with Gasteiger partial charge < -0.3 is 20.1 Å². The summed E-state index contributed by atoms with van der Waals surface area (Å²) >= 11 is 0. The molecule has 5 nitrogen and oxygen atoms in total. The van der Waals surface area contributed by atoms with Gasteiger partial charge in [0, 0.05) is 24.7 Å². The van der Waals surface area contributed by atoms with E-state index < -0.39 is 0 Å². The number of nitrogens with zero attached hydrogens (tertiary/aromatic N) is 1. The van der Waals surface area contributed by atoms with Crippen LogP contribution in [-0.2, 0) is 0 Å². The second-order valence-corrected chi connectivity index (χ2v) is 5.83. The summed E-state index contributed by atoms with van der Waals surface area (Å²) in [7, 11) is 0. The molecule has 1 heterocycles.